The molecule has 0 saturated carbocycles. The Morgan fingerprint density at radius 3 is 2.47 bits per heavy atom. The molecule has 1 N–H and O–H groups in total. The summed E-state index contributed by atoms with van der Waals surface area (Å²) >= 11 is 0. The molecule has 1 aromatic rings. The number of hydrogen-bond donors (Lipinski definition) is 1. The Morgan fingerprint density at radius 1 is 1.29 bits per heavy atom. The Kier molecular flexibility index (Phi) is 5.69. The summed E-state index contributed by atoms with van der Waals surface area (Å²) in [6.45, 7) is 10.1. The van der Waals surface area contributed by atoms with Gasteiger partial charge in [0.05, 0.1) is 5.69 Å². The molecule has 0 aliphatic heterocycles. The van der Waals surface area contributed by atoms with Crippen molar-refractivity contribution in [3.05, 3.63) is 18.0 Å². The average Bonchev–Trinajstić information content (AvgIpc) is 2.59. The van der Waals surface area contributed by atoms with Crippen LogP contribution in [0.4, 0.5) is 0 Å². The third-order valence-electron chi connectivity index (χ3n) is 2.89. The highest BCUT2D eigenvalue weighted by molar-refractivity contribution is 5.00. The predicted octanol–water partition coefficient (Wildman–Crippen LogP) is 2.62. The van der Waals surface area contributed by atoms with Gasteiger partial charge >= 0.3 is 0 Å². The summed E-state index contributed by atoms with van der Waals surface area (Å²) in [5, 5.41) is 8.02. The second-order valence-corrected chi connectivity index (χ2v) is 5.74. The van der Waals surface area contributed by atoms with Crippen LogP contribution in [-0.4, -0.2) is 22.4 Å². The van der Waals surface area contributed by atoms with Crippen molar-refractivity contribution in [2.75, 3.05) is 6.54 Å². The van der Waals surface area contributed by atoms with Gasteiger partial charge in [-0.2, -0.15) is 5.10 Å². The first-order chi connectivity index (χ1) is 7.97. The van der Waals surface area contributed by atoms with Crippen molar-refractivity contribution >= 4 is 0 Å². The monoisotopic (exact) mass is 237 g/mol. The molecule has 0 saturated heterocycles. The maximum atomic E-state index is 4.47. The van der Waals surface area contributed by atoms with Crippen LogP contribution < -0.4 is 5.32 Å². The van der Waals surface area contributed by atoms with Gasteiger partial charge in [-0.1, -0.05) is 27.7 Å². The third kappa shape index (κ3) is 5.87. The van der Waals surface area contributed by atoms with E-state index in [4.69, 9.17) is 0 Å². The lowest BCUT2D eigenvalue weighted by molar-refractivity contribution is 0.370. The highest BCUT2D eigenvalue weighted by Gasteiger charge is 2.13. The van der Waals surface area contributed by atoms with Crippen LogP contribution in [0, 0.1) is 11.8 Å². The van der Waals surface area contributed by atoms with Crippen LogP contribution in [0.2, 0.25) is 0 Å². The zero-order chi connectivity index (χ0) is 12.8. The Bertz CT molecular complexity index is 315. The van der Waals surface area contributed by atoms with E-state index in [1.807, 2.05) is 17.9 Å². The second-order valence-electron chi connectivity index (χ2n) is 5.74. The molecule has 3 nitrogen and oxygen atoms in total. The summed E-state index contributed by atoms with van der Waals surface area (Å²) in [6.07, 6.45) is 4.37. The molecular formula is C14H27N3. The fourth-order valence-electron chi connectivity index (χ4n) is 2.18. The largest absolute Gasteiger partial charge is 0.314 e. The van der Waals surface area contributed by atoms with Crippen molar-refractivity contribution in [1.29, 1.82) is 0 Å². The van der Waals surface area contributed by atoms with E-state index in [2.05, 4.69) is 44.2 Å². The molecule has 1 aromatic heterocycles. The van der Waals surface area contributed by atoms with Crippen molar-refractivity contribution < 1.29 is 0 Å². The smallest absolute Gasteiger partial charge is 0.0627 e. The van der Waals surface area contributed by atoms with E-state index >= 15 is 0 Å². The normalized spacial score (nSPS) is 13.6. The fourth-order valence-corrected chi connectivity index (χ4v) is 2.18. The molecule has 1 unspecified atom stereocenters. The summed E-state index contributed by atoms with van der Waals surface area (Å²) < 4.78 is 1.89. The number of aromatic nitrogens is 2. The van der Waals surface area contributed by atoms with Crippen molar-refractivity contribution in [3.8, 4) is 0 Å². The van der Waals surface area contributed by atoms with Gasteiger partial charge in [-0.25, -0.2) is 0 Å². The molecule has 0 spiro atoms. The molecule has 1 heterocycles. The zero-order valence-corrected chi connectivity index (χ0v) is 11.9. The molecule has 0 aliphatic carbocycles. The first-order valence-corrected chi connectivity index (χ1v) is 6.69. The molecule has 1 atom stereocenters. The number of aryl methyl sites for hydroxylation is 1. The van der Waals surface area contributed by atoms with Crippen LogP contribution in [0.25, 0.3) is 0 Å². The minimum absolute atomic E-state index is 0.563. The minimum atomic E-state index is 0.563. The first kappa shape index (κ1) is 14.2. The molecule has 0 bridgehead atoms. The highest BCUT2D eigenvalue weighted by Crippen LogP contribution is 2.16. The highest BCUT2D eigenvalue weighted by atomic mass is 15.2. The van der Waals surface area contributed by atoms with Gasteiger partial charge in [0, 0.05) is 19.3 Å². The van der Waals surface area contributed by atoms with Crippen LogP contribution in [0.15, 0.2) is 12.3 Å². The third-order valence-corrected chi connectivity index (χ3v) is 2.89. The van der Waals surface area contributed by atoms with Crippen molar-refractivity contribution in [1.82, 2.24) is 15.1 Å². The lowest BCUT2D eigenvalue weighted by Gasteiger charge is -2.20. The number of nitrogens with one attached hydrogen (secondary N) is 1. The Balaban J connectivity index is 2.50. The van der Waals surface area contributed by atoms with E-state index in [0.29, 0.717) is 12.0 Å². The molecule has 1 rings (SSSR count). The van der Waals surface area contributed by atoms with Crippen LogP contribution in [0.5, 0.6) is 0 Å². The minimum Gasteiger partial charge on any atom is -0.314 e. The molecule has 17 heavy (non-hydrogen) atoms. The quantitative estimate of drug-likeness (QED) is 0.790. The van der Waals surface area contributed by atoms with Gasteiger partial charge in [0.2, 0.25) is 0 Å². The number of nitrogens with zero attached hydrogens (tertiary/aromatic N) is 2. The van der Waals surface area contributed by atoms with Gasteiger partial charge < -0.3 is 5.32 Å². The Hall–Kier alpha value is -0.830. The van der Waals surface area contributed by atoms with Crippen LogP contribution >= 0.6 is 0 Å². The van der Waals surface area contributed by atoms with E-state index in [0.717, 1.165) is 18.9 Å². The maximum absolute atomic E-state index is 4.47. The summed E-state index contributed by atoms with van der Waals surface area (Å²) in [5.41, 5.74) is 1.21. The van der Waals surface area contributed by atoms with Gasteiger partial charge in [-0.3, -0.25) is 4.68 Å². The molecule has 0 aliphatic rings. The topological polar surface area (TPSA) is 29.9 Å². The van der Waals surface area contributed by atoms with Crippen molar-refractivity contribution in [3.63, 3.8) is 0 Å². The van der Waals surface area contributed by atoms with Gasteiger partial charge in [-0.05, 0) is 37.3 Å². The molecule has 0 fully saturated rings. The molecule has 0 aromatic carbocycles. The maximum Gasteiger partial charge on any atom is 0.0627 e. The molecule has 98 valence electrons. The fraction of sp³-hybridized carbons (Fsp3) is 0.786. The summed E-state index contributed by atoms with van der Waals surface area (Å²) in [7, 11) is 1.98. The summed E-state index contributed by atoms with van der Waals surface area (Å²) in [4.78, 5) is 0. The lowest BCUT2D eigenvalue weighted by atomic mass is 9.92. The number of hydrogen-bond acceptors (Lipinski definition) is 2. The molecule has 3 heteroatoms. The van der Waals surface area contributed by atoms with E-state index in [1.165, 1.54) is 12.1 Å². The van der Waals surface area contributed by atoms with Crippen LogP contribution in [0.3, 0.4) is 0 Å². The van der Waals surface area contributed by atoms with Gasteiger partial charge in [0.25, 0.3) is 0 Å². The zero-order valence-electron chi connectivity index (χ0n) is 11.9. The average molecular weight is 237 g/mol. The van der Waals surface area contributed by atoms with E-state index in [1.54, 1.807) is 0 Å². The van der Waals surface area contributed by atoms with Gasteiger partial charge in [0.15, 0.2) is 0 Å². The van der Waals surface area contributed by atoms with E-state index in [9.17, 15) is 0 Å². The SMILES string of the molecule is CC(C)CC(CNC(C)C)Cc1ccn(C)n1. The van der Waals surface area contributed by atoms with E-state index in [-0.39, 0.29) is 0 Å². The first-order valence-electron chi connectivity index (χ1n) is 6.69. The molecule has 0 radical (unpaired) electrons. The van der Waals surface area contributed by atoms with Crippen LogP contribution in [0.1, 0.15) is 39.8 Å². The van der Waals surface area contributed by atoms with Crippen molar-refractivity contribution in [2.45, 2.75) is 46.6 Å². The second kappa shape index (κ2) is 6.80. The van der Waals surface area contributed by atoms with E-state index < -0.39 is 0 Å². The molecular weight excluding hydrogens is 210 g/mol. The molecule has 0 amide bonds. The summed E-state index contributed by atoms with van der Waals surface area (Å²) in [6, 6.07) is 2.69. The standard InChI is InChI=1S/C14H27N3/c1-11(2)8-13(10-15-12(3)4)9-14-6-7-17(5)16-14/h6-7,11-13,15H,8-10H2,1-5H3. The lowest BCUT2D eigenvalue weighted by Crippen LogP contribution is -2.30. The van der Waals surface area contributed by atoms with Gasteiger partial charge in [-0.15, -0.1) is 0 Å². The van der Waals surface area contributed by atoms with Crippen LogP contribution in [-0.2, 0) is 13.5 Å². The van der Waals surface area contributed by atoms with Crippen molar-refractivity contribution in [2.24, 2.45) is 18.9 Å². The predicted molar refractivity (Wildman–Crippen MR) is 73.0 cm³/mol. The Morgan fingerprint density at radius 2 is 2.00 bits per heavy atom. The number of rotatable bonds is 7. The summed E-state index contributed by atoms with van der Waals surface area (Å²) in [5.74, 6) is 1.44. The Labute approximate surface area is 106 Å². The van der Waals surface area contributed by atoms with Gasteiger partial charge in [0.1, 0.15) is 0 Å².